The summed E-state index contributed by atoms with van der Waals surface area (Å²) in [5.41, 5.74) is 14.4. The molecule has 6 aromatic rings. The van der Waals surface area contributed by atoms with Gasteiger partial charge in [-0.3, -0.25) is 0 Å². The molecule has 0 bridgehead atoms. The summed E-state index contributed by atoms with van der Waals surface area (Å²) in [4.78, 5) is 15.1. The lowest BCUT2D eigenvalue weighted by atomic mass is 9.69. The predicted octanol–water partition coefficient (Wildman–Crippen LogP) is 12.2. The second-order valence-electron chi connectivity index (χ2n) is 13.6. The highest BCUT2D eigenvalue weighted by molar-refractivity contribution is 5.96. The van der Waals surface area contributed by atoms with Crippen molar-refractivity contribution in [2.75, 3.05) is 0 Å². The predicted molar refractivity (Wildman–Crippen MR) is 210 cm³/mol. The highest BCUT2D eigenvalue weighted by Crippen LogP contribution is 2.63. The molecule has 0 radical (unpaired) electrons. The van der Waals surface area contributed by atoms with Gasteiger partial charge in [-0.05, 0) is 87.4 Å². The van der Waals surface area contributed by atoms with Crippen molar-refractivity contribution in [2.45, 2.75) is 65.7 Å². The van der Waals surface area contributed by atoms with E-state index in [2.05, 4.69) is 131 Å². The molecule has 0 saturated heterocycles. The van der Waals surface area contributed by atoms with Gasteiger partial charge in [0.1, 0.15) is 0 Å². The highest BCUT2D eigenvalue weighted by Gasteiger charge is 2.52. The fourth-order valence-electron chi connectivity index (χ4n) is 7.62. The van der Waals surface area contributed by atoms with Crippen LogP contribution in [0.5, 0.6) is 0 Å². The Kier molecular flexibility index (Phi) is 8.70. The summed E-state index contributed by atoms with van der Waals surface area (Å²) >= 11 is 0. The number of benzene rings is 5. The Morgan fingerprint density at radius 2 is 1.16 bits per heavy atom. The van der Waals surface area contributed by atoms with Gasteiger partial charge in [0.25, 0.3) is 0 Å². The molecule has 2 aliphatic carbocycles. The zero-order valence-electron chi connectivity index (χ0n) is 30.3. The topological polar surface area (TPSA) is 38.7 Å². The first-order chi connectivity index (χ1) is 24.4. The van der Waals surface area contributed by atoms with E-state index in [0.29, 0.717) is 17.5 Å². The third-order valence-corrected chi connectivity index (χ3v) is 10.6. The van der Waals surface area contributed by atoms with Crippen molar-refractivity contribution in [2.24, 2.45) is 0 Å². The van der Waals surface area contributed by atoms with Crippen molar-refractivity contribution in [3.8, 4) is 45.0 Å². The first kappa shape index (κ1) is 33.1. The van der Waals surface area contributed by atoms with Crippen LogP contribution in [0.3, 0.4) is 0 Å². The van der Waals surface area contributed by atoms with E-state index in [0.717, 1.165) is 23.1 Å². The highest BCUT2D eigenvalue weighted by atomic mass is 15.0. The van der Waals surface area contributed by atoms with Crippen LogP contribution in [-0.2, 0) is 10.8 Å². The van der Waals surface area contributed by atoms with Gasteiger partial charge in [0.2, 0.25) is 0 Å². The molecule has 1 aromatic heterocycles. The Balaban J connectivity index is 0.00000193. The third kappa shape index (κ3) is 5.15. The van der Waals surface area contributed by atoms with Crippen molar-refractivity contribution < 1.29 is 0 Å². The van der Waals surface area contributed by atoms with Gasteiger partial charge in [-0.1, -0.05) is 162 Å². The molecule has 0 N–H and O–H groups in total. The Morgan fingerprint density at radius 1 is 0.620 bits per heavy atom. The zero-order chi connectivity index (χ0) is 35.0. The van der Waals surface area contributed by atoms with Crippen molar-refractivity contribution in [1.29, 1.82) is 0 Å². The van der Waals surface area contributed by atoms with E-state index >= 15 is 0 Å². The second kappa shape index (κ2) is 13.1. The number of nitrogens with zero attached hydrogens (tertiary/aromatic N) is 3. The lowest BCUT2D eigenvalue weighted by Crippen LogP contribution is -2.27. The number of rotatable bonds is 6. The van der Waals surface area contributed by atoms with Gasteiger partial charge in [0.15, 0.2) is 17.5 Å². The Bertz CT molecular complexity index is 2260. The van der Waals surface area contributed by atoms with Gasteiger partial charge in [-0.15, -0.1) is 0 Å². The molecule has 0 saturated carbocycles. The van der Waals surface area contributed by atoms with Crippen LogP contribution in [0, 0.1) is 0 Å². The SMILES string of the molecule is C/C=C\C=C(/C)c1nc(-c2ccccc2)nc(-c2ccc3c(c2)C2(c4ccccc4-3)c3ccccc3-c3ccc(C(C)(C)CC)cc32)n1.CC. The molecule has 5 aromatic carbocycles. The summed E-state index contributed by atoms with van der Waals surface area (Å²) in [5.74, 6) is 2.03. The molecule has 1 atom stereocenters. The first-order valence-electron chi connectivity index (χ1n) is 18.0. The van der Waals surface area contributed by atoms with Gasteiger partial charge >= 0.3 is 0 Å². The van der Waals surface area contributed by atoms with Crippen LogP contribution < -0.4 is 0 Å². The average molecular weight is 652 g/mol. The van der Waals surface area contributed by atoms with Crippen molar-refractivity contribution in [3.63, 3.8) is 0 Å². The minimum atomic E-state index is -0.451. The van der Waals surface area contributed by atoms with E-state index in [9.17, 15) is 0 Å². The average Bonchev–Trinajstić information content (AvgIpc) is 3.64. The fraction of sp³-hybridized carbons (Fsp3) is 0.213. The Hall–Kier alpha value is -5.41. The number of fused-ring (bicyclic) bond motifs is 10. The molecule has 1 spiro atoms. The molecule has 3 nitrogen and oxygen atoms in total. The zero-order valence-corrected chi connectivity index (χ0v) is 30.3. The van der Waals surface area contributed by atoms with E-state index in [4.69, 9.17) is 15.0 Å². The van der Waals surface area contributed by atoms with Crippen molar-refractivity contribution in [3.05, 3.63) is 167 Å². The molecule has 0 aliphatic heterocycles. The van der Waals surface area contributed by atoms with Crippen molar-refractivity contribution >= 4 is 5.57 Å². The summed E-state index contributed by atoms with van der Waals surface area (Å²) < 4.78 is 0. The monoisotopic (exact) mass is 651 g/mol. The number of hydrogen-bond acceptors (Lipinski definition) is 3. The Morgan fingerprint density at radius 3 is 1.78 bits per heavy atom. The molecule has 248 valence electrons. The summed E-state index contributed by atoms with van der Waals surface area (Å²) in [6.07, 6.45) is 7.17. The van der Waals surface area contributed by atoms with Gasteiger partial charge in [-0.2, -0.15) is 0 Å². The number of hydrogen-bond donors (Lipinski definition) is 0. The fourth-order valence-corrected chi connectivity index (χ4v) is 7.62. The third-order valence-electron chi connectivity index (χ3n) is 10.6. The van der Waals surface area contributed by atoms with Gasteiger partial charge in [-0.25, -0.2) is 15.0 Å². The van der Waals surface area contributed by atoms with Gasteiger partial charge < -0.3 is 0 Å². The molecule has 2 aliphatic rings. The molecule has 3 heteroatoms. The summed E-state index contributed by atoms with van der Waals surface area (Å²) in [6.45, 7) is 15.1. The largest absolute Gasteiger partial charge is 0.209 e. The molecule has 50 heavy (non-hydrogen) atoms. The lowest BCUT2D eigenvalue weighted by molar-refractivity contribution is 0.505. The van der Waals surface area contributed by atoms with Crippen LogP contribution in [0.1, 0.15) is 88.5 Å². The lowest BCUT2D eigenvalue weighted by Gasteiger charge is -2.32. The summed E-state index contributed by atoms with van der Waals surface area (Å²) in [7, 11) is 0. The summed E-state index contributed by atoms with van der Waals surface area (Å²) in [6, 6.07) is 42.2. The quantitative estimate of drug-likeness (QED) is 0.168. The van der Waals surface area contributed by atoms with Crippen molar-refractivity contribution in [1.82, 2.24) is 15.0 Å². The normalized spacial score (nSPS) is 15.7. The van der Waals surface area contributed by atoms with E-state index in [1.165, 1.54) is 50.1 Å². The summed E-state index contributed by atoms with van der Waals surface area (Å²) in [5, 5.41) is 0. The molecule has 0 amide bonds. The van der Waals surface area contributed by atoms with Gasteiger partial charge in [0, 0.05) is 11.1 Å². The minimum Gasteiger partial charge on any atom is -0.209 e. The second-order valence-corrected chi connectivity index (χ2v) is 13.6. The van der Waals surface area contributed by atoms with Crippen LogP contribution in [0.15, 0.2) is 133 Å². The van der Waals surface area contributed by atoms with Crippen LogP contribution in [0.4, 0.5) is 0 Å². The maximum Gasteiger partial charge on any atom is 0.164 e. The number of aromatic nitrogens is 3. The molecule has 8 rings (SSSR count). The van der Waals surface area contributed by atoms with E-state index in [1.807, 2.05) is 51.1 Å². The van der Waals surface area contributed by atoms with E-state index in [1.54, 1.807) is 0 Å². The molecular formula is C47H45N3. The molecule has 1 unspecified atom stereocenters. The maximum absolute atomic E-state index is 5.10. The van der Waals surface area contributed by atoms with Crippen LogP contribution in [-0.4, -0.2) is 15.0 Å². The molecule has 0 fully saturated rings. The van der Waals surface area contributed by atoms with Gasteiger partial charge in [0.05, 0.1) is 5.41 Å². The maximum atomic E-state index is 5.10. The first-order valence-corrected chi connectivity index (χ1v) is 18.0. The standard InChI is InChI=1S/C45H39N3.C2H6/c1-6-8-16-29(3)41-46-42(30-17-10-9-11-18-30)48-43(47-41)31-23-25-35-33-19-12-14-21-37(33)45(39(35)27-31)38-22-15-13-20-34(38)36-26-24-32(28-40(36)45)44(4,5)7-2;1-2/h6,8-28H,7H2,1-5H3;1-2H3/b8-6-,29-16+;. The number of allylic oxidation sites excluding steroid dienone is 4. The smallest absolute Gasteiger partial charge is 0.164 e. The van der Waals surface area contributed by atoms with E-state index in [-0.39, 0.29) is 5.41 Å². The van der Waals surface area contributed by atoms with Crippen LogP contribution in [0.2, 0.25) is 0 Å². The molecular weight excluding hydrogens is 607 g/mol. The molecule has 1 heterocycles. The minimum absolute atomic E-state index is 0.0568. The van der Waals surface area contributed by atoms with E-state index < -0.39 is 5.41 Å². The Labute approximate surface area is 297 Å². The van der Waals surface area contributed by atoms with Crippen LogP contribution >= 0.6 is 0 Å². The van der Waals surface area contributed by atoms with Crippen LogP contribution in [0.25, 0.3) is 50.6 Å².